The predicted molar refractivity (Wildman–Crippen MR) is 124 cm³/mol. The highest BCUT2D eigenvalue weighted by atomic mass is 16.5. The molecular formula is C25H36N4O4. The second kappa shape index (κ2) is 9.43. The number of likely N-dealkylation sites (N-methyl/N-ethyl adjacent to an activating group) is 1. The van der Waals surface area contributed by atoms with Crippen molar-refractivity contribution in [3.8, 4) is 0 Å². The fourth-order valence-electron chi connectivity index (χ4n) is 5.43. The van der Waals surface area contributed by atoms with Gasteiger partial charge in [-0.25, -0.2) is 0 Å². The maximum atomic E-state index is 13.7. The van der Waals surface area contributed by atoms with Gasteiger partial charge in [0.2, 0.25) is 17.7 Å². The molecule has 33 heavy (non-hydrogen) atoms. The Balaban J connectivity index is 1.56. The summed E-state index contributed by atoms with van der Waals surface area (Å²) < 4.78 is 6.02. The van der Waals surface area contributed by atoms with Crippen LogP contribution in [0.15, 0.2) is 24.3 Å². The van der Waals surface area contributed by atoms with Crippen LogP contribution < -0.4 is 16.0 Å². The Labute approximate surface area is 195 Å². The molecule has 2 fully saturated rings. The van der Waals surface area contributed by atoms with Crippen molar-refractivity contribution >= 4 is 17.7 Å². The molecule has 3 aliphatic rings. The summed E-state index contributed by atoms with van der Waals surface area (Å²) in [6.45, 7) is 6.11. The third-order valence-electron chi connectivity index (χ3n) is 7.38. The summed E-state index contributed by atoms with van der Waals surface area (Å²) in [6, 6.07) is 6.38. The number of amides is 3. The molecule has 1 aromatic rings. The van der Waals surface area contributed by atoms with Gasteiger partial charge in [0.05, 0.1) is 18.7 Å². The Bertz CT molecular complexity index is 917. The number of aryl methyl sites for hydroxylation is 1. The third-order valence-corrected chi connectivity index (χ3v) is 7.38. The van der Waals surface area contributed by atoms with Crippen LogP contribution in [0.2, 0.25) is 0 Å². The van der Waals surface area contributed by atoms with E-state index >= 15 is 0 Å². The van der Waals surface area contributed by atoms with E-state index < -0.39 is 29.8 Å². The third kappa shape index (κ3) is 4.64. The summed E-state index contributed by atoms with van der Waals surface area (Å²) in [4.78, 5) is 41.3. The molecule has 2 heterocycles. The molecule has 5 atom stereocenters. The van der Waals surface area contributed by atoms with Gasteiger partial charge in [0.25, 0.3) is 0 Å². The van der Waals surface area contributed by atoms with Crippen LogP contribution >= 0.6 is 0 Å². The minimum atomic E-state index is -0.710. The Morgan fingerprint density at radius 2 is 1.91 bits per heavy atom. The van der Waals surface area contributed by atoms with Crippen LogP contribution in [0, 0.1) is 5.41 Å². The number of carbonyl (C=O) groups is 3. The quantitative estimate of drug-likeness (QED) is 0.626. The van der Waals surface area contributed by atoms with Gasteiger partial charge >= 0.3 is 0 Å². The van der Waals surface area contributed by atoms with Gasteiger partial charge in [-0.15, -0.1) is 0 Å². The van der Waals surface area contributed by atoms with Gasteiger partial charge in [-0.05, 0) is 56.2 Å². The maximum Gasteiger partial charge on any atom is 0.247 e. The van der Waals surface area contributed by atoms with E-state index in [2.05, 4.69) is 28.1 Å². The van der Waals surface area contributed by atoms with Crippen LogP contribution in [0.1, 0.15) is 63.6 Å². The number of nitrogens with zero attached hydrogens (tertiary/aromatic N) is 1. The number of benzene rings is 1. The lowest BCUT2D eigenvalue weighted by atomic mass is 9.82. The Morgan fingerprint density at radius 3 is 2.67 bits per heavy atom. The van der Waals surface area contributed by atoms with E-state index in [1.54, 1.807) is 18.9 Å². The van der Waals surface area contributed by atoms with Gasteiger partial charge < -0.3 is 25.6 Å². The monoisotopic (exact) mass is 456 g/mol. The highest BCUT2D eigenvalue weighted by Gasteiger charge is 2.55. The number of hydrogen-bond donors (Lipinski definition) is 3. The van der Waals surface area contributed by atoms with E-state index in [0.29, 0.717) is 19.4 Å². The lowest BCUT2D eigenvalue weighted by molar-refractivity contribution is -0.150. The molecule has 2 saturated heterocycles. The first-order chi connectivity index (χ1) is 15.7. The second-order valence-corrected chi connectivity index (χ2v) is 10.2. The van der Waals surface area contributed by atoms with E-state index in [9.17, 15) is 14.4 Å². The molecule has 180 valence electrons. The summed E-state index contributed by atoms with van der Waals surface area (Å²) in [7, 11) is 1.70. The van der Waals surface area contributed by atoms with Crippen molar-refractivity contribution in [3.05, 3.63) is 35.4 Å². The van der Waals surface area contributed by atoms with E-state index in [4.69, 9.17) is 4.74 Å². The van der Waals surface area contributed by atoms with Crippen LogP contribution in [0.25, 0.3) is 0 Å². The van der Waals surface area contributed by atoms with Crippen molar-refractivity contribution < 1.29 is 19.1 Å². The SMILES string of the molecule is CNC(C)C(=O)N[C@H]1CCO[C@H]2CC(C)(C)[C@@H](C(=O)N[C@@H]3CCCc4ccccc43)N2C1=O. The van der Waals surface area contributed by atoms with E-state index in [0.717, 1.165) is 24.8 Å². The largest absolute Gasteiger partial charge is 0.358 e. The maximum absolute atomic E-state index is 13.7. The number of ether oxygens (including phenoxy) is 1. The average Bonchev–Trinajstić information content (AvgIpc) is 2.99. The number of hydrogen-bond acceptors (Lipinski definition) is 5. The fraction of sp³-hybridized carbons (Fsp3) is 0.640. The van der Waals surface area contributed by atoms with Gasteiger partial charge in [0, 0.05) is 6.42 Å². The average molecular weight is 457 g/mol. The molecule has 2 aliphatic heterocycles. The smallest absolute Gasteiger partial charge is 0.247 e. The summed E-state index contributed by atoms with van der Waals surface area (Å²) in [5.41, 5.74) is 1.98. The highest BCUT2D eigenvalue weighted by Crippen LogP contribution is 2.43. The Hall–Kier alpha value is -2.45. The van der Waals surface area contributed by atoms with Gasteiger partial charge in [-0.2, -0.15) is 0 Å². The van der Waals surface area contributed by atoms with Crippen LogP contribution in [-0.2, 0) is 25.5 Å². The molecule has 4 rings (SSSR count). The highest BCUT2D eigenvalue weighted by molar-refractivity contribution is 5.94. The van der Waals surface area contributed by atoms with Gasteiger partial charge in [0.15, 0.2) is 0 Å². The molecular weight excluding hydrogens is 420 g/mol. The van der Waals surface area contributed by atoms with Crippen LogP contribution in [0.3, 0.4) is 0 Å². The van der Waals surface area contributed by atoms with Crippen molar-refractivity contribution in [2.24, 2.45) is 5.41 Å². The van der Waals surface area contributed by atoms with Crippen LogP contribution in [0.5, 0.6) is 0 Å². The molecule has 0 bridgehead atoms. The first kappa shape index (κ1) is 23.7. The molecule has 0 spiro atoms. The number of rotatable bonds is 5. The number of fused-ring (bicyclic) bond motifs is 2. The Kier molecular flexibility index (Phi) is 6.77. The second-order valence-electron chi connectivity index (χ2n) is 10.2. The zero-order valence-corrected chi connectivity index (χ0v) is 20.0. The molecule has 1 aliphatic carbocycles. The Morgan fingerprint density at radius 1 is 1.15 bits per heavy atom. The minimum Gasteiger partial charge on any atom is -0.358 e. The van der Waals surface area contributed by atoms with Crippen molar-refractivity contribution in [2.45, 2.75) is 83.3 Å². The van der Waals surface area contributed by atoms with E-state index in [-0.39, 0.29) is 23.8 Å². The predicted octanol–water partition coefficient (Wildman–Crippen LogP) is 1.65. The van der Waals surface area contributed by atoms with Crippen molar-refractivity contribution in [3.63, 3.8) is 0 Å². The first-order valence-corrected chi connectivity index (χ1v) is 12.0. The van der Waals surface area contributed by atoms with Gasteiger partial charge in [0.1, 0.15) is 18.3 Å². The molecule has 1 unspecified atom stereocenters. The molecule has 8 heteroatoms. The topological polar surface area (TPSA) is 99.8 Å². The van der Waals surface area contributed by atoms with Crippen LogP contribution in [-0.4, -0.2) is 60.6 Å². The lowest BCUT2D eigenvalue weighted by Gasteiger charge is -2.35. The lowest BCUT2D eigenvalue weighted by Crippen LogP contribution is -2.58. The normalized spacial score (nSPS) is 29.5. The zero-order valence-electron chi connectivity index (χ0n) is 20.0. The molecule has 0 aromatic heterocycles. The summed E-state index contributed by atoms with van der Waals surface area (Å²) in [6.07, 6.45) is 3.41. The molecule has 3 amide bonds. The molecule has 1 aromatic carbocycles. The van der Waals surface area contributed by atoms with Gasteiger partial charge in [-0.3, -0.25) is 14.4 Å². The van der Waals surface area contributed by atoms with E-state index in [1.165, 1.54) is 5.56 Å². The summed E-state index contributed by atoms with van der Waals surface area (Å²) in [5, 5.41) is 8.99. The standard InChI is InChI=1S/C25H36N4O4/c1-15(26-4)22(30)28-19-12-13-33-20-14-25(2,3)21(29(20)24(19)32)23(31)27-18-11-7-9-16-8-5-6-10-17(16)18/h5-6,8,10,15,18-21,26H,7,9,11-14H2,1-4H3,(H,27,31)(H,28,30)/t15?,18-,19+,20+,21-/m1/s1. The van der Waals surface area contributed by atoms with E-state index in [1.807, 2.05) is 26.0 Å². The molecule has 8 nitrogen and oxygen atoms in total. The number of nitrogens with one attached hydrogen (secondary N) is 3. The van der Waals surface area contributed by atoms with Crippen molar-refractivity contribution in [1.29, 1.82) is 0 Å². The van der Waals surface area contributed by atoms with Crippen molar-refractivity contribution in [1.82, 2.24) is 20.9 Å². The first-order valence-electron chi connectivity index (χ1n) is 12.0. The fourth-order valence-corrected chi connectivity index (χ4v) is 5.43. The van der Waals surface area contributed by atoms with Gasteiger partial charge in [-0.1, -0.05) is 38.1 Å². The zero-order chi connectivity index (χ0) is 23.8. The molecule has 3 N–H and O–H groups in total. The molecule has 0 radical (unpaired) electrons. The van der Waals surface area contributed by atoms with Crippen LogP contribution in [0.4, 0.5) is 0 Å². The molecule has 0 saturated carbocycles. The van der Waals surface area contributed by atoms with Crippen molar-refractivity contribution in [2.75, 3.05) is 13.7 Å². The summed E-state index contributed by atoms with van der Waals surface area (Å²) >= 11 is 0. The summed E-state index contributed by atoms with van der Waals surface area (Å²) in [5.74, 6) is -0.645. The minimum absolute atomic E-state index is 0.0627. The number of carbonyl (C=O) groups excluding carboxylic acids is 3.